The number of ether oxygens (including phenoxy) is 1. The van der Waals surface area contributed by atoms with Crippen molar-refractivity contribution in [1.82, 2.24) is 20.0 Å². The lowest BCUT2D eigenvalue weighted by Crippen LogP contribution is -2.57. The molecule has 0 aliphatic carbocycles. The van der Waals surface area contributed by atoms with Crippen LogP contribution in [-0.4, -0.2) is 84.1 Å². The van der Waals surface area contributed by atoms with Crippen LogP contribution < -0.4 is 5.32 Å². The summed E-state index contributed by atoms with van der Waals surface area (Å²) in [5.74, 6) is 1.24. The van der Waals surface area contributed by atoms with E-state index in [1.165, 1.54) is 5.56 Å². The van der Waals surface area contributed by atoms with Crippen LogP contribution in [0.25, 0.3) is 0 Å². The van der Waals surface area contributed by atoms with E-state index in [2.05, 4.69) is 22.3 Å². The second-order valence-electron chi connectivity index (χ2n) is 9.64. The van der Waals surface area contributed by atoms with Gasteiger partial charge in [0.05, 0.1) is 18.6 Å². The number of rotatable bonds is 3. The molecule has 3 aliphatic heterocycles. The van der Waals surface area contributed by atoms with E-state index in [1.54, 1.807) is 4.90 Å². The highest BCUT2D eigenvalue weighted by atomic mass is 16.6. The Hall–Kier alpha value is -2.77. The normalized spacial score (nSPS) is 26.1. The van der Waals surface area contributed by atoms with Crippen molar-refractivity contribution >= 4 is 18.0 Å². The van der Waals surface area contributed by atoms with Gasteiger partial charge in [-0.05, 0) is 26.3 Å². The molecule has 0 saturated carbocycles. The SMILES string of the molecule is CN1C(=O)CC(CNC2=NCC3CN(C(=O)OC(C)(C)C)CCN23)C1c1ccccc1. The molecule has 8 heteroatoms. The molecule has 168 valence electrons. The van der Waals surface area contributed by atoms with Crippen molar-refractivity contribution in [1.29, 1.82) is 0 Å². The number of carbonyl (C=O) groups excluding carboxylic acids is 2. The average Bonchev–Trinajstić information content (AvgIpc) is 3.25. The number of likely N-dealkylation sites (tertiary alicyclic amines) is 1. The molecular weight excluding hydrogens is 394 g/mol. The van der Waals surface area contributed by atoms with Crippen molar-refractivity contribution in [3.8, 4) is 0 Å². The molecule has 1 aromatic rings. The van der Waals surface area contributed by atoms with Gasteiger partial charge < -0.3 is 24.8 Å². The minimum absolute atomic E-state index is 0.0722. The zero-order chi connectivity index (χ0) is 22.2. The lowest BCUT2D eigenvalue weighted by molar-refractivity contribution is -0.127. The largest absolute Gasteiger partial charge is 0.444 e. The molecule has 2 fully saturated rings. The molecule has 1 N–H and O–H groups in total. The summed E-state index contributed by atoms with van der Waals surface area (Å²) in [5.41, 5.74) is 0.675. The Morgan fingerprint density at radius 1 is 1.23 bits per heavy atom. The number of hydrogen-bond donors (Lipinski definition) is 1. The Morgan fingerprint density at radius 2 is 1.97 bits per heavy atom. The van der Waals surface area contributed by atoms with Gasteiger partial charge in [0, 0.05) is 45.6 Å². The number of nitrogens with zero attached hydrogens (tertiary/aromatic N) is 4. The summed E-state index contributed by atoms with van der Waals surface area (Å²) in [5, 5.41) is 3.51. The van der Waals surface area contributed by atoms with E-state index in [4.69, 9.17) is 9.73 Å². The maximum atomic E-state index is 12.4. The van der Waals surface area contributed by atoms with Crippen molar-refractivity contribution in [2.75, 3.05) is 39.8 Å². The molecule has 31 heavy (non-hydrogen) atoms. The number of carbonyl (C=O) groups is 2. The molecular formula is C23H33N5O3. The molecule has 4 rings (SSSR count). The van der Waals surface area contributed by atoms with Gasteiger partial charge in [0.15, 0.2) is 5.96 Å². The molecule has 0 bridgehead atoms. The molecule has 0 radical (unpaired) electrons. The monoisotopic (exact) mass is 427 g/mol. The van der Waals surface area contributed by atoms with Gasteiger partial charge in [0.25, 0.3) is 0 Å². The highest BCUT2D eigenvalue weighted by Crippen LogP contribution is 2.36. The fraction of sp³-hybridized carbons (Fsp3) is 0.609. The third-order valence-electron chi connectivity index (χ3n) is 6.22. The second kappa shape index (κ2) is 8.40. The molecule has 3 atom stereocenters. The summed E-state index contributed by atoms with van der Waals surface area (Å²) in [6, 6.07) is 10.5. The number of fused-ring (bicyclic) bond motifs is 1. The van der Waals surface area contributed by atoms with E-state index >= 15 is 0 Å². The Balaban J connectivity index is 1.34. The summed E-state index contributed by atoms with van der Waals surface area (Å²) in [6.07, 6.45) is 0.276. The molecule has 3 heterocycles. The zero-order valence-electron chi connectivity index (χ0n) is 18.9. The Kier molecular flexibility index (Phi) is 5.81. The number of aliphatic imine (C=N–C) groups is 1. The fourth-order valence-electron chi connectivity index (χ4n) is 4.73. The quantitative estimate of drug-likeness (QED) is 0.799. The van der Waals surface area contributed by atoms with Gasteiger partial charge in [-0.2, -0.15) is 0 Å². The molecule has 8 nitrogen and oxygen atoms in total. The lowest BCUT2D eigenvalue weighted by Gasteiger charge is -2.39. The van der Waals surface area contributed by atoms with E-state index in [0.717, 1.165) is 12.5 Å². The molecule has 1 aromatic carbocycles. The first-order valence-corrected chi connectivity index (χ1v) is 11.1. The number of amides is 2. The first kappa shape index (κ1) is 21.5. The van der Waals surface area contributed by atoms with Crippen LogP contribution >= 0.6 is 0 Å². The molecule has 0 aromatic heterocycles. The summed E-state index contributed by atoms with van der Waals surface area (Å²) in [4.78, 5) is 35.4. The summed E-state index contributed by atoms with van der Waals surface area (Å²) in [6.45, 7) is 8.95. The Bertz CT molecular complexity index is 851. The predicted molar refractivity (Wildman–Crippen MR) is 119 cm³/mol. The van der Waals surface area contributed by atoms with Gasteiger partial charge in [-0.3, -0.25) is 9.79 Å². The first-order chi connectivity index (χ1) is 14.7. The zero-order valence-corrected chi connectivity index (χ0v) is 18.9. The van der Waals surface area contributed by atoms with Crippen molar-refractivity contribution in [2.45, 2.75) is 44.9 Å². The van der Waals surface area contributed by atoms with Crippen LogP contribution in [0, 0.1) is 5.92 Å². The fourth-order valence-corrected chi connectivity index (χ4v) is 4.73. The van der Waals surface area contributed by atoms with Gasteiger partial charge in [0.2, 0.25) is 5.91 Å². The van der Waals surface area contributed by atoms with Crippen LogP contribution in [0.5, 0.6) is 0 Å². The van der Waals surface area contributed by atoms with Crippen LogP contribution in [0.4, 0.5) is 4.79 Å². The maximum Gasteiger partial charge on any atom is 0.410 e. The van der Waals surface area contributed by atoms with E-state index in [1.807, 2.05) is 50.9 Å². The van der Waals surface area contributed by atoms with Crippen LogP contribution in [0.1, 0.15) is 38.8 Å². The Labute approximate surface area is 184 Å². The van der Waals surface area contributed by atoms with Crippen LogP contribution in [0.2, 0.25) is 0 Å². The Morgan fingerprint density at radius 3 is 2.68 bits per heavy atom. The van der Waals surface area contributed by atoms with Crippen molar-refractivity contribution < 1.29 is 14.3 Å². The van der Waals surface area contributed by atoms with Crippen molar-refractivity contribution in [2.24, 2.45) is 10.9 Å². The third-order valence-corrected chi connectivity index (χ3v) is 6.22. The number of nitrogens with one attached hydrogen (secondary N) is 1. The van der Waals surface area contributed by atoms with Crippen LogP contribution in [0.3, 0.4) is 0 Å². The second-order valence-corrected chi connectivity index (χ2v) is 9.64. The van der Waals surface area contributed by atoms with Crippen LogP contribution in [-0.2, 0) is 9.53 Å². The third kappa shape index (κ3) is 4.62. The van der Waals surface area contributed by atoms with E-state index < -0.39 is 5.60 Å². The minimum atomic E-state index is -0.492. The van der Waals surface area contributed by atoms with Crippen LogP contribution in [0.15, 0.2) is 35.3 Å². The van der Waals surface area contributed by atoms with Gasteiger partial charge in [0.1, 0.15) is 5.60 Å². The van der Waals surface area contributed by atoms with Crippen molar-refractivity contribution in [3.63, 3.8) is 0 Å². The summed E-state index contributed by atoms with van der Waals surface area (Å²) in [7, 11) is 1.89. The lowest BCUT2D eigenvalue weighted by atomic mass is 9.93. The number of hydrogen-bond acceptors (Lipinski definition) is 6. The number of guanidine groups is 1. The molecule has 2 saturated heterocycles. The van der Waals surface area contributed by atoms with Gasteiger partial charge in [-0.25, -0.2) is 4.79 Å². The minimum Gasteiger partial charge on any atom is -0.444 e. The van der Waals surface area contributed by atoms with Gasteiger partial charge in [-0.1, -0.05) is 30.3 Å². The van der Waals surface area contributed by atoms with E-state index in [0.29, 0.717) is 32.6 Å². The molecule has 0 spiro atoms. The average molecular weight is 428 g/mol. The number of piperazine rings is 1. The summed E-state index contributed by atoms with van der Waals surface area (Å²) < 4.78 is 5.52. The smallest absolute Gasteiger partial charge is 0.410 e. The topological polar surface area (TPSA) is 77.5 Å². The predicted octanol–water partition coefficient (Wildman–Crippen LogP) is 2.09. The maximum absolute atomic E-state index is 12.4. The van der Waals surface area contributed by atoms with E-state index in [-0.39, 0.29) is 30.0 Å². The van der Waals surface area contributed by atoms with Gasteiger partial charge >= 0.3 is 6.09 Å². The van der Waals surface area contributed by atoms with E-state index in [9.17, 15) is 9.59 Å². The summed E-state index contributed by atoms with van der Waals surface area (Å²) >= 11 is 0. The molecule has 2 amide bonds. The first-order valence-electron chi connectivity index (χ1n) is 11.1. The van der Waals surface area contributed by atoms with Crippen molar-refractivity contribution in [3.05, 3.63) is 35.9 Å². The van der Waals surface area contributed by atoms with Gasteiger partial charge in [-0.15, -0.1) is 0 Å². The molecule has 3 unspecified atom stereocenters. The number of benzene rings is 1. The highest BCUT2D eigenvalue weighted by molar-refractivity contribution is 5.83. The standard InChI is InChI=1S/C23H33N5O3/c1-23(2,3)31-22(30)27-10-11-28-18(15-27)14-25-21(28)24-13-17-12-19(29)26(4)20(17)16-8-6-5-7-9-16/h5-9,17-18,20H,10-15H2,1-4H3,(H,24,25). The molecule has 3 aliphatic rings. The highest BCUT2D eigenvalue weighted by Gasteiger charge is 2.40.